The summed E-state index contributed by atoms with van der Waals surface area (Å²) in [4.78, 5) is 10.6. The summed E-state index contributed by atoms with van der Waals surface area (Å²) in [5, 5.41) is 0. The molecule has 0 aromatic carbocycles. The van der Waals surface area contributed by atoms with Crippen LogP contribution in [-0.2, 0) is 4.79 Å². The summed E-state index contributed by atoms with van der Waals surface area (Å²) in [6.07, 6.45) is -5.30. The topological polar surface area (TPSA) is 17.1 Å². The number of alkyl halides is 3. The lowest BCUT2D eigenvalue weighted by molar-refractivity contribution is -0.162. The van der Waals surface area contributed by atoms with Crippen LogP contribution >= 0.6 is 0 Å². The highest BCUT2D eigenvalue weighted by molar-refractivity contribution is 5.81. The summed E-state index contributed by atoms with van der Waals surface area (Å²) < 4.78 is 35.3. The van der Waals surface area contributed by atoms with Crippen molar-refractivity contribution in [3.05, 3.63) is 0 Å². The number of Topliss-reactive ketones (excluding diaryl/α,β-unsaturated/α-hetero) is 1. The van der Waals surface area contributed by atoms with Crippen molar-refractivity contribution >= 4 is 5.78 Å². The molecule has 4 heteroatoms. The fraction of sp³-hybridized carbons (Fsp3) is 0.857. The Morgan fingerprint density at radius 2 is 1.64 bits per heavy atom. The molecule has 0 aromatic heterocycles. The zero-order chi connectivity index (χ0) is 9.28. The number of hydrogen-bond acceptors (Lipinski definition) is 1. The van der Waals surface area contributed by atoms with Gasteiger partial charge in [0.2, 0.25) is 0 Å². The van der Waals surface area contributed by atoms with Crippen LogP contribution in [0.3, 0.4) is 0 Å². The molecule has 0 atom stereocenters. The lowest BCUT2D eigenvalue weighted by atomic mass is 9.85. The van der Waals surface area contributed by atoms with E-state index < -0.39 is 23.8 Å². The summed E-state index contributed by atoms with van der Waals surface area (Å²) >= 11 is 0. The highest BCUT2D eigenvalue weighted by Gasteiger charge is 2.38. The molecule has 0 bridgehead atoms. The van der Waals surface area contributed by atoms with Gasteiger partial charge in [0.05, 0.1) is 6.42 Å². The van der Waals surface area contributed by atoms with Crippen molar-refractivity contribution in [3.8, 4) is 0 Å². The Hall–Kier alpha value is -0.540. The molecule has 0 N–H and O–H groups in total. The largest absolute Gasteiger partial charge is 0.390 e. The molecule has 0 spiro atoms. The van der Waals surface area contributed by atoms with Gasteiger partial charge in [-0.25, -0.2) is 0 Å². The molecule has 0 rings (SSSR count). The van der Waals surface area contributed by atoms with Gasteiger partial charge in [-0.2, -0.15) is 13.2 Å². The van der Waals surface area contributed by atoms with Crippen LogP contribution in [0.4, 0.5) is 13.2 Å². The number of ketones is 1. The van der Waals surface area contributed by atoms with Crippen molar-refractivity contribution in [3.63, 3.8) is 0 Å². The molecule has 66 valence electrons. The second kappa shape index (κ2) is 2.83. The third-order valence-corrected chi connectivity index (χ3v) is 1.60. The number of rotatable bonds is 2. The predicted octanol–water partition coefficient (Wildman–Crippen LogP) is 2.55. The van der Waals surface area contributed by atoms with E-state index in [1.165, 1.54) is 20.8 Å². The molecular formula is C7H11F3O. The Morgan fingerprint density at radius 3 is 1.73 bits per heavy atom. The lowest BCUT2D eigenvalue weighted by Crippen LogP contribution is -2.28. The van der Waals surface area contributed by atoms with Crippen molar-refractivity contribution in [2.45, 2.75) is 33.4 Å². The fourth-order valence-corrected chi connectivity index (χ4v) is 0.626. The van der Waals surface area contributed by atoms with Gasteiger partial charge in [0.15, 0.2) is 0 Å². The molecule has 0 heterocycles. The molecule has 0 saturated carbocycles. The maximum absolute atomic E-state index is 11.8. The van der Waals surface area contributed by atoms with E-state index >= 15 is 0 Å². The third kappa shape index (κ3) is 4.01. The molecular weight excluding hydrogens is 157 g/mol. The Kier molecular flexibility index (Phi) is 2.69. The van der Waals surface area contributed by atoms with Gasteiger partial charge < -0.3 is 0 Å². The van der Waals surface area contributed by atoms with Gasteiger partial charge in [0.1, 0.15) is 5.78 Å². The Bertz CT molecular complexity index is 158. The first-order chi connectivity index (χ1) is 4.65. The molecule has 0 amide bonds. The fourth-order valence-electron chi connectivity index (χ4n) is 0.626. The first-order valence-corrected chi connectivity index (χ1v) is 3.23. The van der Waals surface area contributed by atoms with E-state index in [0.29, 0.717) is 0 Å². The number of carbonyl (C=O) groups is 1. The highest BCUT2D eigenvalue weighted by atomic mass is 19.4. The average Bonchev–Trinajstić information content (AvgIpc) is 1.56. The van der Waals surface area contributed by atoms with E-state index in [-0.39, 0.29) is 0 Å². The molecule has 0 unspecified atom stereocenters. The predicted molar refractivity (Wildman–Crippen MR) is 35.1 cm³/mol. The number of halogens is 3. The van der Waals surface area contributed by atoms with Crippen LogP contribution in [0.15, 0.2) is 0 Å². The molecule has 0 aliphatic carbocycles. The van der Waals surface area contributed by atoms with Crippen LogP contribution in [0, 0.1) is 5.41 Å². The smallest absolute Gasteiger partial charge is 0.299 e. The second-order valence-electron chi connectivity index (χ2n) is 3.23. The summed E-state index contributed by atoms with van der Waals surface area (Å²) in [7, 11) is 0. The van der Waals surface area contributed by atoms with Crippen molar-refractivity contribution < 1.29 is 18.0 Å². The summed E-state index contributed by atoms with van der Waals surface area (Å²) in [5.41, 5.74) is -1.28. The standard InChI is InChI=1S/C7H11F3O/c1-5(11)6(2,3)4-7(8,9)10/h4H2,1-3H3. The normalized spacial score (nSPS) is 13.3. The van der Waals surface area contributed by atoms with Gasteiger partial charge in [-0.1, -0.05) is 13.8 Å². The SMILES string of the molecule is CC(=O)C(C)(C)CC(F)(F)F. The van der Waals surface area contributed by atoms with E-state index in [0.717, 1.165) is 0 Å². The highest BCUT2D eigenvalue weighted by Crippen LogP contribution is 2.33. The van der Waals surface area contributed by atoms with Crippen LogP contribution in [-0.4, -0.2) is 12.0 Å². The van der Waals surface area contributed by atoms with Crippen molar-refractivity contribution in [2.75, 3.05) is 0 Å². The first kappa shape index (κ1) is 10.5. The van der Waals surface area contributed by atoms with E-state index in [1.807, 2.05) is 0 Å². The van der Waals surface area contributed by atoms with E-state index in [4.69, 9.17) is 0 Å². The van der Waals surface area contributed by atoms with Crippen LogP contribution < -0.4 is 0 Å². The van der Waals surface area contributed by atoms with Gasteiger partial charge in [-0.15, -0.1) is 0 Å². The van der Waals surface area contributed by atoms with Crippen molar-refractivity contribution in [2.24, 2.45) is 5.41 Å². The minimum atomic E-state index is -4.25. The van der Waals surface area contributed by atoms with E-state index in [2.05, 4.69) is 0 Å². The maximum atomic E-state index is 11.8. The van der Waals surface area contributed by atoms with Crippen LogP contribution in [0.1, 0.15) is 27.2 Å². The molecule has 0 saturated heterocycles. The Labute approximate surface area is 63.6 Å². The van der Waals surface area contributed by atoms with E-state index in [9.17, 15) is 18.0 Å². The van der Waals surface area contributed by atoms with Gasteiger partial charge in [0.25, 0.3) is 0 Å². The van der Waals surface area contributed by atoms with Crippen molar-refractivity contribution in [1.29, 1.82) is 0 Å². The molecule has 11 heavy (non-hydrogen) atoms. The first-order valence-electron chi connectivity index (χ1n) is 3.23. The zero-order valence-corrected chi connectivity index (χ0v) is 6.75. The molecule has 0 aliphatic heterocycles. The monoisotopic (exact) mass is 168 g/mol. The van der Waals surface area contributed by atoms with Crippen LogP contribution in [0.25, 0.3) is 0 Å². The molecule has 0 radical (unpaired) electrons. The second-order valence-corrected chi connectivity index (χ2v) is 3.23. The van der Waals surface area contributed by atoms with Gasteiger partial charge in [-0.3, -0.25) is 4.79 Å². The Balaban J connectivity index is 4.25. The molecule has 0 aromatic rings. The summed E-state index contributed by atoms with van der Waals surface area (Å²) in [6.45, 7) is 3.76. The zero-order valence-electron chi connectivity index (χ0n) is 6.75. The van der Waals surface area contributed by atoms with Crippen LogP contribution in [0.2, 0.25) is 0 Å². The van der Waals surface area contributed by atoms with Gasteiger partial charge in [0, 0.05) is 5.41 Å². The molecule has 0 aliphatic rings. The Morgan fingerprint density at radius 1 is 1.27 bits per heavy atom. The quantitative estimate of drug-likeness (QED) is 0.619. The summed E-state index contributed by atoms with van der Waals surface area (Å²) in [6, 6.07) is 0. The van der Waals surface area contributed by atoms with E-state index in [1.54, 1.807) is 0 Å². The average molecular weight is 168 g/mol. The number of carbonyl (C=O) groups excluding carboxylic acids is 1. The van der Waals surface area contributed by atoms with Crippen molar-refractivity contribution in [1.82, 2.24) is 0 Å². The third-order valence-electron chi connectivity index (χ3n) is 1.60. The minimum absolute atomic E-state index is 0.435. The maximum Gasteiger partial charge on any atom is 0.390 e. The van der Waals surface area contributed by atoms with Gasteiger partial charge in [-0.05, 0) is 6.92 Å². The minimum Gasteiger partial charge on any atom is -0.299 e. The number of hydrogen-bond donors (Lipinski definition) is 0. The summed E-state index contributed by atoms with van der Waals surface area (Å²) in [5.74, 6) is -0.435. The molecule has 1 nitrogen and oxygen atoms in total. The van der Waals surface area contributed by atoms with Crippen LogP contribution in [0.5, 0.6) is 0 Å². The lowest BCUT2D eigenvalue weighted by Gasteiger charge is -2.22. The molecule has 0 fully saturated rings. The van der Waals surface area contributed by atoms with Gasteiger partial charge >= 0.3 is 6.18 Å².